The molecule has 0 aliphatic rings. The summed E-state index contributed by atoms with van der Waals surface area (Å²) in [6, 6.07) is 12.2. The minimum atomic E-state index is -0.728. The highest BCUT2D eigenvalue weighted by Gasteiger charge is 2.14. The highest BCUT2D eigenvalue weighted by molar-refractivity contribution is 5.82. The molecule has 0 aliphatic carbocycles. The molecular formula is C22H20FNO6. The molecule has 0 atom stereocenters. The molecule has 0 unspecified atom stereocenters. The second-order valence-corrected chi connectivity index (χ2v) is 6.74. The van der Waals surface area contributed by atoms with Crippen LogP contribution in [0.5, 0.6) is 5.75 Å². The third kappa shape index (κ3) is 5.44. The zero-order valence-electron chi connectivity index (χ0n) is 16.5. The summed E-state index contributed by atoms with van der Waals surface area (Å²) in [4.78, 5) is 36.8. The maximum atomic E-state index is 13.2. The number of hydrogen-bond acceptors (Lipinski definition) is 6. The lowest BCUT2D eigenvalue weighted by atomic mass is 10.1. The summed E-state index contributed by atoms with van der Waals surface area (Å²) in [6.45, 7) is 1.11. The maximum absolute atomic E-state index is 13.2. The number of carbonyl (C=O) groups is 2. The number of benzene rings is 2. The fourth-order valence-corrected chi connectivity index (χ4v) is 2.83. The van der Waals surface area contributed by atoms with Gasteiger partial charge in [0.25, 0.3) is 5.91 Å². The van der Waals surface area contributed by atoms with Crippen LogP contribution in [0.4, 0.5) is 4.39 Å². The number of esters is 1. The summed E-state index contributed by atoms with van der Waals surface area (Å²) in [5.74, 6) is -1.23. The lowest BCUT2D eigenvalue weighted by Crippen LogP contribution is -2.31. The van der Waals surface area contributed by atoms with Gasteiger partial charge in [0, 0.05) is 31.1 Å². The fourth-order valence-electron chi connectivity index (χ4n) is 2.83. The molecule has 30 heavy (non-hydrogen) atoms. The van der Waals surface area contributed by atoms with Gasteiger partial charge in [-0.25, -0.2) is 14.0 Å². The minimum absolute atomic E-state index is 0.187. The smallest absolute Gasteiger partial charge is 0.344 e. The largest absolute Gasteiger partial charge is 0.482 e. The van der Waals surface area contributed by atoms with Crippen molar-refractivity contribution in [1.29, 1.82) is 0 Å². The standard InChI is InChI=1S/C22H20FNO6/c1-14-8-21(26)30-19-10-17(6-7-18(14)19)28-13-22(27)29-12-20(25)24(2)11-15-4-3-5-16(23)9-15/h3-10H,11-13H2,1-2H3. The van der Waals surface area contributed by atoms with Gasteiger partial charge in [0.2, 0.25) is 0 Å². The van der Waals surface area contributed by atoms with Crippen molar-refractivity contribution >= 4 is 22.8 Å². The topological polar surface area (TPSA) is 86.0 Å². The van der Waals surface area contributed by atoms with Crippen LogP contribution in [0.3, 0.4) is 0 Å². The van der Waals surface area contributed by atoms with E-state index in [9.17, 15) is 18.8 Å². The van der Waals surface area contributed by atoms with Gasteiger partial charge in [-0.15, -0.1) is 0 Å². The molecule has 1 amide bonds. The van der Waals surface area contributed by atoms with Crippen molar-refractivity contribution < 1.29 is 27.9 Å². The van der Waals surface area contributed by atoms with Crippen LogP contribution in [0, 0.1) is 12.7 Å². The predicted octanol–water partition coefficient (Wildman–Crippen LogP) is 2.82. The molecule has 1 aromatic heterocycles. The van der Waals surface area contributed by atoms with Crippen molar-refractivity contribution in [2.24, 2.45) is 0 Å². The Morgan fingerprint density at radius 1 is 1.10 bits per heavy atom. The van der Waals surface area contributed by atoms with Gasteiger partial charge in [-0.1, -0.05) is 12.1 Å². The van der Waals surface area contributed by atoms with E-state index >= 15 is 0 Å². The van der Waals surface area contributed by atoms with Crippen molar-refractivity contribution in [2.75, 3.05) is 20.3 Å². The van der Waals surface area contributed by atoms with E-state index in [0.717, 1.165) is 10.9 Å². The van der Waals surface area contributed by atoms with Gasteiger partial charge >= 0.3 is 11.6 Å². The van der Waals surface area contributed by atoms with E-state index in [1.165, 1.54) is 36.2 Å². The molecule has 7 nitrogen and oxygen atoms in total. The number of carbonyl (C=O) groups excluding carboxylic acids is 2. The molecule has 0 spiro atoms. The van der Waals surface area contributed by atoms with Crippen LogP contribution in [0.25, 0.3) is 11.0 Å². The van der Waals surface area contributed by atoms with Crippen LogP contribution >= 0.6 is 0 Å². The molecular weight excluding hydrogens is 393 g/mol. The van der Waals surface area contributed by atoms with Crippen LogP contribution in [-0.4, -0.2) is 37.0 Å². The number of hydrogen-bond donors (Lipinski definition) is 0. The number of fused-ring (bicyclic) bond motifs is 1. The zero-order valence-corrected chi connectivity index (χ0v) is 16.5. The summed E-state index contributed by atoms with van der Waals surface area (Å²) in [7, 11) is 1.53. The molecule has 0 bridgehead atoms. The van der Waals surface area contributed by atoms with Gasteiger partial charge in [-0.2, -0.15) is 0 Å². The SMILES string of the molecule is Cc1cc(=O)oc2cc(OCC(=O)OCC(=O)N(C)Cc3cccc(F)c3)ccc12. The van der Waals surface area contributed by atoms with E-state index in [0.29, 0.717) is 16.9 Å². The Kier molecular flexibility index (Phi) is 6.46. The molecule has 0 N–H and O–H groups in total. The molecule has 0 aliphatic heterocycles. The summed E-state index contributed by atoms with van der Waals surface area (Å²) >= 11 is 0. The van der Waals surface area contributed by atoms with Gasteiger partial charge in [-0.3, -0.25) is 4.79 Å². The summed E-state index contributed by atoms with van der Waals surface area (Å²) in [6.07, 6.45) is 0. The number of aryl methyl sites for hydroxylation is 1. The second-order valence-electron chi connectivity index (χ2n) is 6.74. The first-order valence-electron chi connectivity index (χ1n) is 9.13. The minimum Gasteiger partial charge on any atom is -0.482 e. The quantitative estimate of drug-likeness (QED) is 0.437. The first-order valence-corrected chi connectivity index (χ1v) is 9.13. The Morgan fingerprint density at radius 3 is 2.67 bits per heavy atom. The highest BCUT2D eigenvalue weighted by atomic mass is 19.1. The van der Waals surface area contributed by atoms with Crippen LogP contribution in [-0.2, 0) is 20.9 Å². The first kappa shape index (κ1) is 21.0. The Morgan fingerprint density at radius 2 is 1.90 bits per heavy atom. The maximum Gasteiger partial charge on any atom is 0.344 e. The molecule has 3 rings (SSSR count). The molecule has 8 heteroatoms. The van der Waals surface area contributed by atoms with E-state index in [1.807, 2.05) is 0 Å². The Bertz CT molecular complexity index is 1140. The highest BCUT2D eigenvalue weighted by Crippen LogP contribution is 2.22. The van der Waals surface area contributed by atoms with Gasteiger partial charge < -0.3 is 18.8 Å². The summed E-state index contributed by atoms with van der Waals surface area (Å²) in [5, 5.41) is 0.761. The third-order valence-corrected chi connectivity index (χ3v) is 4.37. The monoisotopic (exact) mass is 413 g/mol. The average molecular weight is 413 g/mol. The molecule has 0 saturated heterocycles. The molecule has 0 fully saturated rings. The van der Waals surface area contributed by atoms with E-state index in [2.05, 4.69) is 0 Å². The van der Waals surface area contributed by atoms with Crippen LogP contribution in [0.15, 0.2) is 57.7 Å². The van der Waals surface area contributed by atoms with Gasteiger partial charge in [-0.05, 0) is 42.3 Å². The van der Waals surface area contributed by atoms with Crippen molar-refractivity contribution in [3.8, 4) is 5.75 Å². The molecule has 1 heterocycles. The molecule has 2 aromatic carbocycles. The number of nitrogens with zero attached hydrogens (tertiary/aromatic N) is 1. The first-order chi connectivity index (χ1) is 14.3. The van der Waals surface area contributed by atoms with Gasteiger partial charge in [0.05, 0.1) is 0 Å². The van der Waals surface area contributed by atoms with Gasteiger partial charge in [0.1, 0.15) is 17.1 Å². The number of amides is 1. The Labute approximate surface area is 171 Å². The Hall–Kier alpha value is -3.68. The number of likely N-dealkylation sites (N-methyl/N-ethyl adjacent to an activating group) is 1. The average Bonchev–Trinajstić information content (AvgIpc) is 2.70. The van der Waals surface area contributed by atoms with Crippen molar-refractivity contribution in [2.45, 2.75) is 13.5 Å². The van der Waals surface area contributed by atoms with E-state index < -0.39 is 30.7 Å². The molecule has 0 saturated carbocycles. The molecule has 0 radical (unpaired) electrons. The van der Waals surface area contributed by atoms with Crippen LogP contribution < -0.4 is 10.4 Å². The normalized spacial score (nSPS) is 10.6. The lowest BCUT2D eigenvalue weighted by molar-refractivity contribution is -0.153. The van der Waals surface area contributed by atoms with E-state index in [-0.39, 0.29) is 12.4 Å². The zero-order chi connectivity index (χ0) is 21.7. The second kappa shape index (κ2) is 9.21. The van der Waals surface area contributed by atoms with Crippen molar-refractivity contribution in [3.05, 3.63) is 75.9 Å². The summed E-state index contributed by atoms with van der Waals surface area (Å²) < 4.78 is 28.6. The predicted molar refractivity (Wildman–Crippen MR) is 107 cm³/mol. The summed E-state index contributed by atoms with van der Waals surface area (Å²) in [5.41, 5.74) is 1.27. The van der Waals surface area contributed by atoms with Crippen molar-refractivity contribution in [1.82, 2.24) is 4.90 Å². The third-order valence-electron chi connectivity index (χ3n) is 4.37. The van der Waals surface area contributed by atoms with Gasteiger partial charge in [0.15, 0.2) is 13.2 Å². The number of ether oxygens (including phenoxy) is 2. The fraction of sp³-hybridized carbons (Fsp3) is 0.227. The van der Waals surface area contributed by atoms with Crippen LogP contribution in [0.1, 0.15) is 11.1 Å². The number of rotatable bonds is 7. The van der Waals surface area contributed by atoms with Crippen LogP contribution in [0.2, 0.25) is 0 Å². The molecule has 156 valence electrons. The lowest BCUT2D eigenvalue weighted by Gasteiger charge is -2.17. The Balaban J connectivity index is 1.49. The van der Waals surface area contributed by atoms with Crippen molar-refractivity contribution in [3.63, 3.8) is 0 Å². The molecule has 3 aromatic rings. The van der Waals surface area contributed by atoms with E-state index in [1.54, 1.807) is 31.2 Å². The van der Waals surface area contributed by atoms with E-state index in [4.69, 9.17) is 13.9 Å². The number of halogens is 1.